The smallest absolute Gasteiger partial charge is 0.233 e. The Bertz CT molecular complexity index is 930. The maximum atomic E-state index is 13.1. The lowest BCUT2D eigenvalue weighted by Crippen LogP contribution is -2.31. The van der Waals surface area contributed by atoms with Gasteiger partial charge in [0.15, 0.2) is 0 Å². The van der Waals surface area contributed by atoms with Gasteiger partial charge in [-0.1, -0.05) is 23.9 Å². The zero-order chi connectivity index (χ0) is 20.1. The highest BCUT2D eigenvalue weighted by Gasteiger charge is 2.19. The Balaban J connectivity index is 1.64. The minimum Gasteiger partial charge on any atom is -0.497 e. The second-order valence-corrected chi connectivity index (χ2v) is 7.03. The average Bonchev–Trinajstić information content (AvgIpc) is 3.20. The Kier molecular flexibility index (Phi) is 6.25. The molecule has 3 aromatic rings. The number of rotatable bonds is 7. The van der Waals surface area contributed by atoms with Crippen LogP contribution in [0.1, 0.15) is 18.5 Å². The molecule has 2 aromatic carbocycles. The summed E-state index contributed by atoms with van der Waals surface area (Å²) in [7, 11) is 3.33. The highest BCUT2D eigenvalue weighted by atomic mass is 32.2. The third-order valence-corrected chi connectivity index (χ3v) is 5.31. The molecule has 1 heterocycles. The standard InChI is InChI=1S/C19H20FN5O2S/c1-13(14-4-6-15(20)7-5-14)24(2)18(26)12-28-19-21-22-23-25(19)16-8-10-17(27-3)11-9-16/h4-11,13H,12H2,1-3H3. The van der Waals surface area contributed by atoms with Gasteiger partial charge in [0.05, 0.1) is 24.6 Å². The van der Waals surface area contributed by atoms with Crippen molar-refractivity contribution in [2.45, 2.75) is 18.1 Å². The molecule has 1 amide bonds. The number of thioether (sulfide) groups is 1. The Hall–Kier alpha value is -2.94. The van der Waals surface area contributed by atoms with Crippen molar-refractivity contribution in [2.75, 3.05) is 19.9 Å². The first-order valence-corrected chi connectivity index (χ1v) is 9.55. The van der Waals surface area contributed by atoms with Gasteiger partial charge in [-0.25, -0.2) is 4.39 Å². The summed E-state index contributed by atoms with van der Waals surface area (Å²) in [5.74, 6) is 0.535. The maximum absolute atomic E-state index is 13.1. The lowest BCUT2D eigenvalue weighted by Gasteiger charge is -2.25. The molecule has 7 nitrogen and oxygen atoms in total. The predicted octanol–water partition coefficient (Wildman–Crippen LogP) is 3.12. The summed E-state index contributed by atoms with van der Waals surface area (Å²) in [6, 6.07) is 13.3. The molecule has 0 fully saturated rings. The molecule has 1 aromatic heterocycles. The van der Waals surface area contributed by atoms with E-state index in [1.807, 2.05) is 31.2 Å². The number of hydrogen-bond acceptors (Lipinski definition) is 6. The van der Waals surface area contributed by atoms with Crippen molar-refractivity contribution in [2.24, 2.45) is 0 Å². The summed E-state index contributed by atoms with van der Waals surface area (Å²) < 4.78 is 19.8. The molecule has 9 heteroatoms. The number of carbonyl (C=O) groups is 1. The van der Waals surface area contributed by atoms with Crippen LogP contribution in [0.3, 0.4) is 0 Å². The third kappa shape index (κ3) is 4.48. The first kappa shape index (κ1) is 19.8. The molecule has 1 atom stereocenters. The fourth-order valence-electron chi connectivity index (χ4n) is 2.56. The molecule has 0 saturated heterocycles. The zero-order valence-corrected chi connectivity index (χ0v) is 16.6. The number of ether oxygens (including phenoxy) is 1. The fourth-order valence-corrected chi connectivity index (χ4v) is 3.38. The minimum atomic E-state index is -0.300. The molecular weight excluding hydrogens is 381 g/mol. The van der Waals surface area contributed by atoms with Crippen molar-refractivity contribution in [3.63, 3.8) is 0 Å². The van der Waals surface area contributed by atoms with E-state index in [9.17, 15) is 9.18 Å². The van der Waals surface area contributed by atoms with E-state index >= 15 is 0 Å². The van der Waals surface area contributed by atoms with E-state index in [1.165, 1.54) is 23.9 Å². The molecule has 0 saturated carbocycles. The zero-order valence-electron chi connectivity index (χ0n) is 15.7. The minimum absolute atomic E-state index is 0.0777. The topological polar surface area (TPSA) is 73.1 Å². The molecule has 0 aliphatic heterocycles. The molecule has 28 heavy (non-hydrogen) atoms. The number of benzene rings is 2. The van der Waals surface area contributed by atoms with Crippen LogP contribution in [0.2, 0.25) is 0 Å². The van der Waals surface area contributed by atoms with Gasteiger partial charge in [0.2, 0.25) is 11.1 Å². The normalized spacial score (nSPS) is 11.9. The van der Waals surface area contributed by atoms with E-state index in [0.717, 1.165) is 17.0 Å². The number of amides is 1. The van der Waals surface area contributed by atoms with Gasteiger partial charge in [0.25, 0.3) is 0 Å². The van der Waals surface area contributed by atoms with Crippen LogP contribution in [0.4, 0.5) is 4.39 Å². The van der Waals surface area contributed by atoms with Crippen molar-refractivity contribution in [1.82, 2.24) is 25.1 Å². The second kappa shape index (κ2) is 8.83. The van der Waals surface area contributed by atoms with Gasteiger partial charge in [-0.05, 0) is 59.3 Å². The van der Waals surface area contributed by atoms with Crippen LogP contribution < -0.4 is 4.74 Å². The van der Waals surface area contributed by atoms with E-state index in [-0.39, 0.29) is 23.5 Å². The lowest BCUT2D eigenvalue weighted by molar-refractivity contribution is -0.128. The molecular formula is C19H20FN5O2S. The molecule has 0 aliphatic rings. The highest BCUT2D eigenvalue weighted by Crippen LogP contribution is 2.23. The summed E-state index contributed by atoms with van der Waals surface area (Å²) >= 11 is 1.25. The second-order valence-electron chi connectivity index (χ2n) is 6.09. The number of nitrogens with zero attached hydrogens (tertiary/aromatic N) is 5. The van der Waals surface area contributed by atoms with Crippen LogP contribution in [0.25, 0.3) is 5.69 Å². The number of aromatic nitrogens is 4. The molecule has 146 valence electrons. The first-order valence-electron chi connectivity index (χ1n) is 8.56. The largest absolute Gasteiger partial charge is 0.497 e. The fraction of sp³-hybridized carbons (Fsp3) is 0.263. The average molecular weight is 401 g/mol. The summed E-state index contributed by atoms with van der Waals surface area (Å²) in [5.41, 5.74) is 1.64. The Morgan fingerprint density at radius 3 is 2.54 bits per heavy atom. The summed E-state index contributed by atoms with van der Waals surface area (Å²) in [4.78, 5) is 14.2. The number of carbonyl (C=O) groups excluding carboxylic acids is 1. The molecule has 3 rings (SSSR count). The molecule has 0 spiro atoms. The highest BCUT2D eigenvalue weighted by molar-refractivity contribution is 7.99. The molecule has 0 N–H and O–H groups in total. The summed E-state index contributed by atoms with van der Waals surface area (Å²) in [6.07, 6.45) is 0. The van der Waals surface area contributed by atoms with Gasteiger partial charge in [-0.15, -0.1) is 5.10 Å². The van der Waals surface area contributed by atoms with Crippen molar-refractivity contribution < 1.29 is 13.9 Å². The van der Waals surface area contributed by atoms with Crippen LogP contribution in [0.5, 0.6) is 5.75 Å². The van der Waals surface area contributed by atoms with Gasteiger partial charge >= 0.3 is 0 Å². The van der Waals surface area contributed by atoms with E-state index in [0.29, 0.717) is 5.16 Å². The Labute approximate surface area is 166 Å². The molecule has 1 unspecified atom stereocenters. The SMILES string of the molecule is COc1ccc(-n2nnnc2SCC(=O)N(C)C(C)c2ccc(F)cc2)cc1. The molecule has 0 bridgehead atoms. The molecule has 0 radical (unpaired) electrons. The van der Waals surface area contributed by atoms with Crippen LogP contribution >= 0.6 is 11.8 Å². The van der Waals surface area contributed by atoms with Crippen molar-refractivity contribution in [3.05, 3.63) is 59.9 Å². The first-order chi connectivity index (χ1) is 13.5. The number of halogens is 1. The van der Waals surface area contributed by atoms with Gasteiger partial charge in [0.1, 0.15) is 11.6 Å². The van der Waals surface area contributed by atoms with Gasteiger partial charge in [-0.3, -0.25) is 4.79 Å². The van der Waals surface area contributed by atoms with E-state index in [1.54, 1.807) is 35.9 Å². The molecule has 0 aliphatic carbocycles. The quantitative estimate of drug-likeness (QED) is 0.567. The van der Waals surface area contributed by atoms with Crippen molar-refractivity contribution in [3.8, 4) is 11.4 Å². The monoisotopic (exact) mass is 401 g/mol. The van der Waals surface area contributed by atoms with Crippen molar-refractivity contribution in [1.29, 1.82) is 0 Å². The maximum Gasteiger partial charge on any atom is 0.233 e. The van der Waals surface area contributed by atoms with Crippen LogP contribution in [-0.4, -0.2) is 50.9 Å². The predicted molar refractivity (Wildman–Crippen MR) is 104 cm³/mol. The van der Waals surface area contributed by atoms with E-state index in [4.69, 9.17) is 4.74 Å². The van der Waals surface area contributed by atoms with Gasteiger partial charge < -0.3 is 9.64 Å². The Morgan fingerprint density at radius 2 is 1.89 bits per heavy atom. The Morgan fingerprint density at radius 1 is 1.21 bits per heavy atom. The number of tetrazole rings is 1. The van der Waals surface area contributed by atoms with Gasteiger partial charge in [0, 0.05) is 7.05 Å². The van der Waals surface area contributed by atoms with E-state index < -0.39 is 0 Å². The lowest BCUT2D eigenvalue weighted by atomic mass is 10.1. The van der Waals surface area contributed by atoms with E-state index in [2.05, 4.69) is 15.5 Å². The van der Waals surface area contributed by atoms with Gasteiger partial charge in [-0.2, -0.15) is 4.68 Å². The van der Waals surface area contributed by atoms with Crippen LogP contribution in [0, 0.1) is 5.82 Å². The number of hydrogen-bond donors (Lipinski definition) is 0. The summed E-state index contributed by atoms with van der Waals surface area (Å²) in [6.45, 7) is 1.90. The van der Waals surface area contributed by atoms with Crippen molar-refractivity contribution >= 4 is 17.7 Å². The number of methoxy groups -OCH3 is 1. The summed E-state index contributed by atoms with van der Waals surface area (Å²) in [5, 5.41) is 12.2. The third-order valence-electron chi connectivity index (χ3n) is 4.41. The van der Waals surface area contributed by atoms with Crippen LogP contribution in [-0.2, 0) is 4.79 Å². The van der Waals surface area contributed by atoms with Crippen LogP contribution in [0.15, 0.2) is 53.7 Å².